The van der Waals surface area contributed by atoms with Gasteiger partial charge >= 0.3 is 0 Å². The van der Waals surface area contributed by atoms with Crippen LogP contribution in [0.25, 0.3) is 0 Å². The first-order valence-corrected chi connectivity index (χ1v) is 7.37. The summed E-state index contributed by atoms with van der Waals surface area (Å²) in [5, 5.41) is 3.17. The van der Waals surface area contributed by atoms with E-state index in [1.807, 2.05) is 17.8 Å². The van der Waals surface area contributed by atoms with Crippen LogP contribution >= 0.6 is 0 Å². The molecule has 108 valence electrons. The van der Waals surface area contributed by atoms with E-state index in [0.717, 1.165) is 6.54 Å². The summed E-state index contributed by atoms with van der Waals surface area (Å²) in [4.78, 5) is 4.32. The van der Waals surface area contributed by atoms with E-state index in [0.29, 0.717) is 12.5 Å². The largest absolute Gasteiger partial charge is 0.370 e. The summed E-state index contributed by atoms with van der Waals surface area (Å²) in [5.41, 5.74) is 7.01. The second-order valence-electron chi connectivity index (χ2n) is 5.08. The van der Waals surface area contributed by atoms with Crippen molar-refractivity contribution in [2.24, 2.45) is 17.8 Å². The molecule has 1 heterocycles. The van der Waals surface area contributed by atoms with Gasteiger partial charge in [-0.2, -0.15) is 0 Å². The summed E-state index contributed by atoms with van der Waals surface area (Å²) >= 11 is 0. The number of hydrogen-bond acceptors (Lipinski definition) is 1. The summed E-state index contributed by atoms with van der Waals surface area (Å²) in [6.45, 7) is 3.82. The standard InChI is InChI=1S/C15H28N4/c1-3-4-5-6-7-8-10-17-15(16)18-12-14-9-11-19(2)13-14/h9,11,13H,3-8,10,12H2,1-2H3,(H3,16,17,18). The Morgan fingerprint density at radius 3 is 2.68 bits per heavy atom. The average Bonchev–Trinajstić information content (AvgIpc) is 2.81. The van der Waals surface area contributed by atoms with E-state index in [2.05, 4.69) is 29.5 Å². The molecule has 0 atom stereocenters. The van der Waals surface area contributed by atoms with Gasteiger partial charge in [0, 0.05) is 26.0 Å². The maximum atomic E-state index is 5.82. The number of unbranched alkanes of at least 4 members (excludes halogenated alkanes) is 5. The van der Waals surface area contributed by atoms with Gasteiger partial charge in [-0.25, -0.2) is 4.99 Å². The van der Waals surface area contributed by atoms with Crippen LogP contribution in [0.3, 0.4) is 0 Å². The fourth-order valence-corrected chi connectivity index (χ4v) is 2.01. The molecule has 0 aliphatic heterocycles. The minimum absolute atomic E-state index is 0.553. The molecule has 4 nitrogen and oxygen atoms in total. The molecule has 0 aromatic carbocycles. The molecule has 0 amide bonds. The maximum Gasteiger partial charge on any atom is 0.188 e. The number of aromatic nitrogens is 1. The van der Waals surface area contributed by atoms with E-state index >= 15 is 0 Å². The molecule has 4 heteroatoms. The van der Waals surface area contributed by atoms with Crippen molar-refractivity contribution in [2.45, 2.75) is 52.0 Å². The Morgan fingerprint density at radius 1 is 1.26 bits per heavy atom. The Kier molecular flexibility index (Phi) is 7.78. The maximum absolute atomic E-state index is 5.82. The van der Waals surface area contributed by atoms with Crippen molar-refractivity contribution in [3.63, 3.8) is 0 Å². The van der Waals surface area contributed by atoms with E-state index in [4.69, 9.17) is 5.73 Å². The Morgan fingerprint density at radius 2 is 2.00 bits per heavy atom. The van der Waals surface area contributed by atoms with Crippen LogP contribution < -0.4 is 11.1 Å². The predicted molar refractivity (Wildman–Crippen MR) is 82.1 cm³/mol. The third-order valence-corrected chi connectivity index (χ3v) is 3.16. The van der Waals surface area contributed by atoms with Gasteiger partial charge in [-0.1, -0.05) is 39.0 Å². The van der Waals surface area contributed by atoms with Crippen LogP contribution in [0.15, 0.2) is 23.5 Å². The fourth-order valence-electron chi connectivity index (χ4n) is 2.01. The molecule has 0 aliphatic carbocycles. The van der Waals surface area contributed by atoms with Gasteiger partial charge < -0.3 is 15.6 Å². The molecule has 0 saturated heterocycles. The summed E-state index contributed by atoms with van der Waals surface area (Å²) < 4.78 is 2.02. The topological polar surface area (TPSA) is 55.3 Å². The number of nitrogens with zero attached hydrogens (tertiary/aromatic N) is 2. The molecule has 19 heavy (non-hydrogen) atoms. The van der Waals surface area contributed by atoms with Crippen LogP contribution in [0.2, 0.25) is 0 Å². The first-order valence-electron chi connectivity index (χ1n) is 7.37. The molecule has 0 aliphatic rings. The van der Waals surface area contributed by atoms with E-state index in [9.17, 15) is 0 Å². The molecule has 0 unspecified atom stereocenters. The number of guanidine groups is 1. The van der Waals surface area contributed by atoms with Gasteiger partial charge in [-0.3, -0.25) is 0 Å². The van der Waals surface area contributed by atoms with Gasteiger partial charge in [0.15, 0.2) is 5.96 Å². The fraction of sp³-hybridized carbons (Fsp3) is 0.667. The van der Waals surface area contributed by atoms with Gasteiger partial charge in [0.25, 0.3) is 0 Å². The second-order valence-corrected chi connectivity index (χ2v) is 5.08. The summed E-state index contributed by atoms with van der Waals surface area (Å²) in [5.74, 6) is 0.553. The van der Waals surface area contributed by atoms with Crippen molar-refractivity contribution in [1.29, 1.82) is 0 Å². The lowest BCUT2D eigenvalue weighted by atomic mass is 10.1. The number of aryl methyl sites for hydroxylation is 1. The minimum Gasteiger partial charge on any atom is -0.370 e. The molecule has 0 radical (unpaired) electrons. The van der Waals surface area contributed by atoms with Crippen LogP contribution in [0.4, 0.5) is 0 Å². The highest BCUT2D eigenvalue weighted by Crippen LogP contribution is 2.04. The van der Waals surface area contributed by atoms with Crippen molar-refractivity contribution >= 4 is 5.96 Å². The van der Waals surface area contributed by atoms with E-state index in [1.54, 1.807) is 0 Å². The number of rotatable bonds is 9. The molecule has 3 N–H and O–H groups in total. The smallest absolute Gasteiger partial charge is 0.188 e. The molecule has 0 fully saturated rings. The lowest BCUT2D eigenvalue weighted by Crippen LogP contribution is -2.32. The normalized spacial score (nSPS) is 11.8. The minimum atomic E-state index is 0.553. The molecule has 1 aromatic heterocycles. The van der Waals surface area contributed by atoms with Gasteiger partial charge in [0.1, 0.15) is 0 Å². The number of aliphatic imine (C=N–C) groups is 1. The van der Waals surface area contributed by atoms with Crippen LogP contribution in [0, 0.1) is 0 Å². The van der Waals surface area contributed by atoms with Gasteiger partial charge in [-0.15, -0.1) is 0 Å². The first kappa shape index (κ1) is 15.6. The highest BCUT2D eigenvalue weighted by molar-refractivity contribution is 5.77. The third-order valence-electron chi connectivity index (χ3n) is 3.16. The molecule has 0 saturated carbocycles. The van der Waals surface area contributed by atoms with Crippen LogP contribution in [0.1, 0.15) is 51.0 Å². The SMILES string of the molecule is CCCCCCCCNC(N)=NCc1ccn(C)c1. The highest BCUT2D eigenvalue weighted by Gasteiger charge is 1.95. The van der Waals surface area contributed by atoms with Crippen molar-refractivity contribution in [1.82, 2.24) is 9.88 Å². The Balaban J connectivity index is 2.05. The Hall–Kier alpha value is -1.45. The summed E-state index contributed by atoms with van der Waals surface area (Å²) in [6.07, 6.45) is 11.9. The lowest BCUT2D eigenvalue weighted by Gasteiger charge is -2.05. The molecular formula is C15H28N4. The third kappa shape index (κ3) is 7.54. The van der Waals surface area contributed by atoms with Crippen molar-refractivity contribution in [2.75, 3.05) is 6.54 Å². The van der Waals surface area contributed by atoms with Crippen molar-refractivity contribution in [3.05, 3.63) is 24.0 Å². The number of hydrogen-bond donors (Lipinski definition) is 2. The van der Waals surface area contributed by atoms with Crippen molar-refractivity contribution < 1.29 is 0 Å². The second kappa shape index (κ2) is 9.48. The zero-order valence-electron chi connectivity index (χ0n) is 12.4. The lowest BCUT2D eigenvalue weighted by molar-refractivity contribution is 0.601. The van der Waals surface area contributed by atoms with Crippen LogP contribution in [-0.4, -0.2) is 17.1 Å². The van der Waals surface area contributed by atoms with Gasteiger partial charge in [0.05, 0.1) is 6.54 Å². The van der Waals surface area contributed by atoms with Gasteiger partial charge in [0.2, 0.25) is 0 Å². The molecular weight excluding hydrogens is 236 g/mol. The first-order chi connectivity index (χ1) is 9.22. The van der Waals surface area contributed by atoms with E-state index < -0.39 is 0 Å². The predicted octanol–water partition coefficient (Wildman–Crippen LogP) is 2.79. The zero-order chi connectivity index (χ0) is 13.9. The molecule has 1 aromatic rings. The van der Waals surface area contributed by atoms with E-state index in [1.165, 1.54) is 44.1 Å². The summed E-state index contributed by atoms with van der Waals surface area (Å²) in [7, 11) is 2.01. The molecule has 1 rings (SSSR count). The van der Waals surface area contributed by atoms with E-state index in [-0.39, 0.29) is 0 Å². The molecule has 0 spiro atoms. The van der Waals surface area contributed by atoms with Crippen LogP contribution in [0.5, 0.6) is 0 Å². The van der Waals surface area contributed by atoms with Crippen LogP contribution in [-0.2, 0) is 13.6 Å². The number of nitrogens with two attached hydrogens (primary N) is 1. The quantitative estimate of drug-likeness (QED) is 0.409. The Bertz CT molecular complexity index is 368. The van der Waals surface area contributed by atoms with Crippen molar-refractivity contribution in [3.8, 4) is 0 Å². The highest BCUT2D eigenvalue weighted by atomic mass is 15.1. The van der Waals surface area contributed by atoms with Gasteiger partial charge in [-0.05, 0) is 18.1 Å². The molecule has 0 bridgehead atoms. The monoisotopic (exact) mass is 264 g/mol. The zero-order valence-corrected chi connectivity index (χ0v) is 12.4. The average molecular weight is 264 g/mol. The summed E-state index contributed by atoms with van der Waals surface area (Å²) in [6, 6.07) is 2.06. The Labute approximate surface area is 117 Å². The number of nitrogens with one attached hydrogen (secondary N) is 1.